The Kier molecular flexibility index (Phi) is 6.56. The Bertz CT molecular complexity index is 1160. The maximum absolute atomic E-state index is 12.4. The Morgan fingerprint density at radius 1 is 1.03 bits per heavy atom. The van der Waals surface area contributed by atoms with Gasteiger partial charge in [0, 0.05) is 34.5 Å². The van der Waals surface area contributed by atoms with Gasteiger partial charge in [0.2, 0.25) is 0 Å². The Morgan fingerprint density at radius 2 is 1.73 bits per heavy atom. The van der Waals surface area contributed by atoms with Crippen LogP contribution in [0.25, 0.3) is 0 Å². The van der Waals surface area contributed by atoms with Crippen LogP contribution in [-0.4, -0.2) is 22.2 Å². The van der Waals surface area contributed by atoms with Crippen LogP contribution >= 0.6 is 34.8 Å². The molecule has 3 aromatic rings. The summed E-state index contributed by atoms with van der Waals surface area (Å²) in [6.45, 7) is 0. The fraction of sp³-hybridized carbons (Fsp3) is 0. The van der Waals surface area contributed by atoms with E-state index in [1.165, 1.54) is 36.5 Å². The van der Waals surface area contributed by atoms with Crippen molar-refractivity contribution in [3.63, 3.8) is 0 Å². The third kappa shape index (κ3) is 5.07. The molecule has 0 saturated carbocycles. The van der Waals surface area contributed by atoms with Crippen LogP contribution in [0.4, 0.5) is 17.1 Å². The van der Waals surface area contributed by atoms with E-state index in [0.717, 1.165) is 0 Å². The molecule has 2 N–H and O–H groups in total. The Labute approximate surface area is 185 Å². The zero-order valence-electron chi connectivity index (χ0n) is 15.0. The number of halogens is 3. The highest BCUT2D eigenvalue weighted by atomic mass is 35.5. The van der Waals surface area contributed by atoms with Crippen molar-refractivity contribution in [3.05, 3.63) is 90.9 Å². The van der Waals surface area contributed by atoms with Gasteiger partial charge in [-0.05, 0) is 42.5 Å². The maximum atomic E-state index is 12.4. The van der Waals surface area contributed by atoms with Crippen molar-refractivity contribution in [2.75, 3.05) is 5.32 Å². The second-order valence-electron chi connectivity index (χ2n) is 6.00. The van der Waals surface area contributed by atoms with Crippen molar-refractivity contribution in [1.29, 1.82) is 0 Å². The van der Waals surface area contributed by atoms with E-state index < -0.39 is 10.8 Å². The quantitative estimate of drug-likeness (QED) is 0.264. The normalized spacial score (nSPS) is 10.9. The summed E-state index contributed by atoms with van der Waals surface area (Å²) in [6.07, 6.45) is 1.22. The lowest BCUT2D eigenvalue weighted by Gasteiger charge is -2.10. The number of aliphatic imine (C=N–C) groups is 1. The van der Waals surface area contributed by atoms with Gasteiger partial charge in [-0.25, -0.2) is 0 Å². The minimum Gasteiger partial charge on any atom is -0.507 e. The highest BCUT2D eigenvalue weighted by Crippen LogP contribution is 2.35. The van der Waals surface area contributed by atoms with E-state index in [-0.39, 0.29) is 38.4 Å². The number of nitro benzene ring substituents is 1. The molecular weight excluding hydrogens is 453 g/mol. The molecule has 10 heteroatoms. The molecule has 1 amide bonds. The molecule has 0 unspecified atom stereocenters. The summed E-state index contributed by atoms with van der Waals surface area (Å²) in [6, 6.07) is 12.7. The lowest BCUT2D eigenvalue weighted by Crippen LogP contribution is -2.12. The number of hydrogen-bond donors (Lipinski definition) is 2. The maximum Gasteiger partial charge on any atom is 0.270 e. The van der Waals surface area contributed by atoms with E-state index in [4.69, 9.17) is 34.8 Å². The SMILES string of the molecule is O=C(Nc1cc(N=Cc2cc([N+](=O)[O-])ccc2O)c(Cl)cc1Cl)c1ccc(Cl)cc1. The lowest BCUT2D eigenvalue weighted by atomic mass is 10.2. The van der Waals surface area contributed by atoms with Gasteiger partial charge in [-0.15, -0.1) is 0 Å². The molecule has 3 aromatic carbocycles. The number of nitrogens with one attached hydrogen (secondary N) is 1. The van der Waals surface area contributed by atoms with Crippen LogP contribution < -0.4 is 5.32 Å². The summed E-state index contributed by atoms with van der Waals surface area (Å²) in [5.74, 6) is -0.604. The first-order chi connectivity index (χ1) is 14.2. The molecule has 0 aliphatic carbocycles. The predicted molar refractivity (Wildman–Crippen MR) is 118 cm³/mol. The number of hydrogen-bond acceptors (Lipinski definition) is 5. The van der Waals surface area contributed by atoms with Gasteiger partial charge in [0.25, 0.3) is 11.6 Å². The smallest absolute Gasteiger partial charge is 0.270 e. The topological polar surface area (TPSA) is 105 Å². The molecule has 7 nitrogen and oxygen atoms in total. The Hall–Kier alpha value is -3.13. The van der Waals surface area contributed by atoms with Crippen LogP contribution in [0.5, 0.6) is 5.75 Å². The highest BCUT2D eigenvalue weighted by molar-refractivity contribution is 6.38. The second kappa shape index (κ2) is 9.13. The minimum absolute atomic E-state index is 0.127. The second-order valence-corrected chi connectivity index (χ2v) is 7.25. The fourth-order valence-corrected chi connectivity index (χ4v) is 3.03. The molecular formula is C20H12Cl3N3O4. The van der Waals surface area contributed by atoms with E-state index in [9.17, 15) is 20.0 Å². The first-order valence-corrected chi connectivity index (χ1v) is 9.45. The lowest BCUT2D eigenvalue weighted by molar-refractivity contribution is -0.384. The van der Waals surface area contributed by atoms with E-state index in [1.807, 2.05) is 0 Å². The molecule has 0 heterocycles. The van der Waals surface area contributed by atoms with Crippen molar-refractivity contribution in [2.24, 2.45) is 4.99 Å². The molecule has 0 fully saturated rings. The third-order valence-corrected chi connectivity index (χ3v) is 4.82. The number of phenols is 1. The van der Waals surface area contributed by atoms with Crippen molar-refractivity contribution in [2.45, 2.75) is 0 Å². The molecule has 0 aliphatic rings. The molecule has 3 rings (SSSR count). The van der Waals surface area contributed by atoms with Gasteiger partial charge in [0.15, 0.2) is 0 Å². The van der Waals surface area contributed by atoms with E-state index in [1.54, 1.807) is 24.3 Å². The van der Waals surface area contributed by atoms with Gasteiger partial charge < -0.3 is 10.4 Å². The highest BCUT2D eigenvalue weighted by Gasteiger charge is 2.13. The average molecular weight is 465 g/mol. The van der Waals surface area contributed by atoms with E-state index in [2.05, 4.69) is 10.3 Å². The third-order valence-electron chi connectivity index (χ3n) is 3.96. The summed E-state index contributed by atoms with van der Waals surface area (Å²) in [5, 5.41) is 24.3. The standard InChI is InChI=1S/C20H12Cl3N3O4/c21-13-3-1-11(2-4-13)20(28)25-18-9-17(15(22)8-16(18)23)24-10-12-7-14(26(29)30)5-6-19(12)27/h1-10,27H,(H,25,28). The molecule has 0 radical (unpaired) electrons. The van der Waals surface area contributed by atoms with Crippen molar-refractivity contribution in [3.8, 4) is 5.75 Å². The number of benzene rings is 3. The molecule has 152 valence electrons. The number of rotatable bonds is 5. The fourth-order valence-electron chi connectivity index (χ4n) is 2.43. The Morgan fingerprint density at radius 3 is 2.40 bits per heavy atom. The van der Waals surface area contributed by atoms with Gasteiger partial charge in [0.05, 0.1) is 26.3 Å². The molecule has 0 bridgehead atoms. The average Bonchev–Trinajstić information content (AvgIpc) is 2.70. The van der Waals surface area contributed by atoms with Crippen LogP contribution in [0.1, 0.15) is 15.9 Å². The van der Waals surface area contributed by atoms with Crippen LogP contribution in [0, 0.1) is 10.1 Å². The van der Waals surface area contributed by atoms with Crippen LogP contribution in [0.15, 0.2) is 59.6 Å². The van der Waals surface area contributed by atoms with Gasteiger partial charge in [-0.1, -0.05) is 34.8 Å². The zero-order valence-corrected chi connectivity index (χ0v) is 17.2. The molecule has 0 saturated heterocycles. The number of aromatic hydroxyl groups is 1. The number of carbonyl (C=O) groups is 1. The molecule has 0 spiro atoms. The number of phenolic OH excluding ortho intramolecular Hbond substituents is 1. The number of nitrogens with zero attached hydrogens (tertiary/aromatic N) is 2. The Balaban J connectivity index is 1.89. The summed E-state index contributed by atoms with van der Waals surface area (Å²) >= 11 is 18.2. The number of nitro groups is 1. The first kappa shape index (κ1) is 21.6. The molecule has 0 atom stereocenters. The van der Waals surface area contributed by atoms with Crippen molar-refractivity contribution >= 4 is 64.0 Å². The molecule has 30 heavy (non-hydrogen) atoms. The summed E-state index contributed by atoms with van der Waals surface area (Å²) in [7, 11) is 0. The van der Waals surface area contributed by atoms with E-state index >= 15 is 0 Å². The van der Waals surface area contributed by atoms with Gasteiger partial charge >= 0.3 is 0 Å². The largest absolute Gasteiger partial charge is 0.507 e. The van der Waals surface area contributed by atoms with Crippen molar-refractivity contribution < 1.29 is 14.8 Å². The van der Waals surface area contributed by atoms with Gasteiger partial charge in [-0.2, -0.15) is 0 Å². The number of amides is 1. The van der Waals surface area contributed by atoms with Crippen LogP contribution in [-0.2, 0) is 0 Å². The monoisotopic (exact) mass is 463 g/mol. The van der Waals surface area contributed by atoms with Crippen molar-refractivity contribution in [1.82, 2.24) is 0 Å². The zero-order chi connectivity index (χ0) is 21.8. The van der Waals surface area contributed by atoms with Gasteiger partial charge in [-0.3, -0.25) is 19.9 Å². The van der Waals surface area contributed by atoms with Crippen LogP contribution in [0.3, 0.4) is 0 Å². The van der Waals surface area contributed by atoms with E-state index in [0.29, 0.717) is 10.6 Å². The minimum atomic E-state index is -0.587. The number of non-ortho nitro benzene ring substituents is 1. The predicted octanol–water partition coefficient (Wildman–Crippen LogP) is 6.26. The summed E-state index contributed by atoms with van der Waals surface area (Å²) in [5.41, 5.74) is 0.793. The molecule has 0 aromatic heterocycles. The number of anilines is 1. The number of carbonyl (C=O) groups excluding carboxylic acids is 1. The summed E-state index contributed by atoms with van der Waals surface area (Å²) in [4.78, 5) is 26.9. The molecule has 0 aliphatic heterocycles. The summed E-state index contributed by atoms with van der Waals surface area (Å²) < 4.78 is 0. The van der Waals surface area contributed by atoms with Crippen LogP contribution in [0.2, 0.25) is 15.1 Å². The van der Waals surface area contributed by atoms with Gasteiger partial charge in [0.1, 0.15) is 5.75 Å². The first-order valence-electron chi connectivity index (χ1n) is 8.32.